The second-order valence-electron chi connectivity index (χ2n) is 5.69. The highest BCUT2D eigenvalue weighted by Gasteiger charge is 2.26. The summed E-state index contributed by atoms with van der Waals surface area (Å²) in [6.45, 7) is 0. The molecular weight excluding hydrogens is 308 g/mol. The van der Waals surface area contributed by atoms with E-state index in [1.54, 1.807) is 32.4 Å². The molecule has 1 saturated carbocycles. The number of amides is 2. The summed E-state index contributed by atoms with van der Waals surface area (Å²) in [5, 5.41) is 9.30. The van der Waals surface area contributed by atoms with Crippen LogP contribution in [0.5, 0.6) is 5.75 Å². The summed E-state index contributed by atoms with van der Waals surface area (Å²) in [7, 11) is 4.80. The fourth-order valence-electron chi connectivity index (χ4n) is 2.63. The molecule has 0 saturated heterocycles. The molecule has 24 heavy (non-hydrogen) atoms. The van der Waals surface area contributed by atoms with E-state index in [1.807, 2.05) is 0 Å². The molecule has 126 valence electrons. The normalized spacial score (nSPS) is 13.5. The average Bonchev–Trinajstić information content (AvgIpc) is 3.42. The number of fused-ring (bicyclic) bond motifs is 1. The van der Waals surface area contributed by atoms with Gasteiger partial charge in [0.2, 0.25) is 0 Å². The molecular formula is C17H20N4O3. The quantitative estimate of drug-likeness (QED) is 0.774. The van der Waals surface area contributed by atoms with Crippen LogP contribution in [0.2, 0.25) is 0 Å². The van der Waals surface area contributed by atoms with Crippen molar-refractivity contribution in [1.29, 1.82) is 0 Å². The molecule has 2 aromatic rings. The fraction of sp³-hybridized carbons (Fsp3) is 0.353. The number of hydrogen-bond acceptors (Lipinski definition) is 5. The molecule has 3 N–H and O–H groups in total. The number of nitrogens with zero attached hydrogens (tertiary/aromatic N) is 1. The molecule has 3 rings (SSSR count). The van der Waals surface area contributed by atoms with Crippen molar-refractivity contribution in [1.82, 2.24) is 15.6 Å². The molecule has 1 aliphatic carbocycles. The zero-order chi connectivity index (χ0) is 17.3. The second kappa shape index (κ2) is 6.35. The lowest BCUT2D eigenvalue weighted by Gasteiger charge is -2.14. The second-order valence-corrected chi connectivity index (χ2v) is 5.69. The van der Waals surface area contributed by atoms with Crippen molar-refractivity contribution < 1.29 is 14.3 Å². The van der Waals surface area contributed by atoms with Crippen LogP contribution in [0.25, 0.3) is 10.9 Å². The smallest absolute Gasteiger partial charge is 0.255 e. The van der Waals surface area contributed by atoms with Crippen molar-refractivity contribution >= 4 is 28.4 Å². The van der Waals surface area contributed by atoms with Crippen molar-refractivity contribution in [2.45, 2.75) is 18.9 Å². The van der Waals surface area contributed by atoms with Gasteiger partial charge in [0.1, 0.15) is 5.75 Å². The minimum absolute atomic E-state index is 0.159. The van der Waals surface area contributed by atoms with Crippen molar-refractivity contribution in [3.05, 3.63) is 29.5 Å². The monoisotopic (exact) mass is 328 g/mol. The van der Waals surface area contributed by atoms with Crippen LogP contribution in [0.4, 0.5) is 5.69 Å². The molecule has 1 aliphatic rings. The van der Waals surface area contributed by atoms with Crippen molar-refractivity contribution in [2.24, 2.45) is 0 Å². The van der Waals surface area contributed by atoms with Crippen LogP contribution in [0.15, 0.2) is 18.3 Å². The van der Waals surface area contributed by atoms with E-state index in [-0.39, 0.29) is 17.9 Å². The Morgan fingerprint density at radius 1 is 1.17 bits per heavy atom. The number of rotatable bonds is 5. The van der Waals surface area contributed by atoms with Gasteiger partial charge in [-0.1, -0.05) is 0 Å². The minimum Gasteiger partial charge on any atom is -0.496 e. The first-order chi connectivity index (χ1) is 11.6. The van der Waals surface area contributed by atoms with E-state index in [2.05, 4.69) is 20.9 Å². The van der Waals surface area contributed by atoms with E-state index >= 15 is 0 Å². The van der Waals surface area contributed by atoms with Crippen LogP contribution in [-0.2, 0) is 0 Å². The maximum Gasteiger partial charge on any atom is 0.255 e. The van der Waals surface area contributed by atoms with Crippen molar-refractivity contribution in [3.63, 3.8) is 0 Å². The molecule has 1 aromatic heterocycles. The molecule has 1 fully saturated rings. The topological polar surface area (TPSA) is 92.4 Å². The predicted molar refractivity (Wildman–Crippen MR) is 91.7 cm³/mol. The summed E-state index contributed by atoms with van der Waals surface area (Å²) in [5.74, 6) is 0.0174. The third-order valence-electron chi connectivity index (χ3n) is 4.07. The Morgan fingerprint density at radius 3 is 2.50 bits per heavy atom. The number of nitrogens with one attached hydrogen (secondary N) is 3. The fourth-order valence-corrected chi connectivity index (χ4v) is 2.63. The minimum atomic E-state index is -0.261. The largest absolute Gasteiger partial charge is 0.496 e. The predicted octanol–water partition coefficient (Wildman–Crippen LogP) is 1.54. The number of benzene rings is 1. The van der Waals surface area contributed by atoms with Gasteiger partial charge < -0.3 is 20.7 Å². The molecule has 7 heteroatoms. The molecule has 0 atom stereocenters. The Bertz CT molecular complexity index is 815. The van der Waals surface area contributed by atoms with Gasteiger partial charge in [0, 0.05) is 37.8 Å². The number of pyridine rings is 1. The molecule has 1 heterocycles. The molecule has 0 unspecified atom stereocenters. The number of methoxy groups -OCH3 is 1. The molecule has 0 radical (unpaired) electrons. The van der Waals surface area contributed by atoms with Crippen molar-refractivity contribution in [3.8, 4) is 5.75 Å². The Balaban J connectivity index is 2.15. The van der Waals surface area contributed by atoms with Crippen LogP contribution in [0, 0.1) is 0 Å². The first kappa shape index (κ1) is 16.0. The lowest BCUT2D eigenvalue weighted by Crippen LogP contribution is -2.26. The number of hydrogen-bond donors (Lipinski definition) is 3. The summed E-state index contributed by atoms with van der Waals surface area (Å²) in [6, 6.07) is 3.65. The summed E-state index contributed by atoms with van der Waals surface area (Å²) >= 11 is 0. The Hall–Kier alpha value is -2.83. The SMILES string of the molecule is CNC(=O)c1cc2c(NC)c(C(=O)NC3CC3)cnc2cc1OC. The van der Waals surface area contributed by atoms with Gasteiger partial charge in [-0.25, -0.2) is 0 Å². The summed E-state index contributed by atoms with van der Waals surface area (Å²) in [4.78, 5) is 28.9. The Kier molecular flexibility index (Phi) is 4.24. The van der Waals surface area contributed by atoms with E-state index in [1.165, 1.54) is 7.11 Å². The standard InChI is InChI=1S/C17H20N4O3/c1-18-15-10-6-11(16(22)19-2)14(24-3)7-13(10)20-8-12(15)17(23)21-9-4-5-9/h6-9H,4-5H2,1-3H3,(H,18,20)(H,19,22)(H,21,23). The number of carbonyl (C=O) groups is 2. The molecule has 0 bridgehead atoms. The maximum atomic E-state index is 12.4. The average molecular weight is 328 g/mol. The highest BCUT2D eigenvalue weighted by Crippen LogP contribution is 2.32. The van der Waals surface area contributed by atoms with Crippen molar-refractivity contribution in [2.75, 3.05) is 26.5 Å². The molecule has 0 aliphatic heterocycles. The highest BCUT2D eigenvalue weighted by atomic mass is 16.5. The lowest BCUT2D eigenvalue weighted by atomic mass is 10.0. The maximum absolute atomic E-state index is 12.4. The summed E-state index contributed by atoms with van der Waals surface area (Å²) in [5.41, 5.74) is 2.15. The van der Waals surface area contributed by atoms with E-state index < -0.39 is 0 Å². The van der Waals surface area contributed by atoms with Gasteiger partial charge in [-0.2, -0.15) is 0 Å². The van der Waals surface area contributed by atoms with E-state index in [4.69, 9.17) is 4.74 Å². The van der Waals surface area contributed by atoms with Gasteiger partial charge in [0.15, 0.2) is 0 Å². The third-order valence-corrected chi connectivity index (χ3v) is 4.07. The highest BCUT2D eigenvalue weighted by molar-refractivity contribution is 6.09. The zero-order valence-electron chi connectivity index (χ0n) is 13.9. The van der Waals surface area contributed by atoms with Gasteiger partial charge in [-0.3, -0.25) is 14.6 Å². The zero-order valence-corrected chi connectivity index (χ0v) is 13.9. The van der Waals surface area contributed by atoms with Crippen LogP contribution < -0.4 is 20.7 Å². The number of ether oxygens (including phenoxy) is 1. The van der Waals surface area contributed by atoms with Gasteiger partial charge in [0.05, 0.1) is 29.4 Å². The Labute approximate surface area is 139 Å². The van der Waals surface area contributed by atoms with Crippen LogP contribution in [0.1, 0.15) is 33.6 Å². The molecule has 2 amide bonds. The van der Waals surface area contributed by atoms with Crippen LogP contribution in [0.3, 0.4) is 0 Å². The van der Waals surface area contributed by atoms with E-state index in [9.17, 15) is 9.59 Å². The van der Waals surface area contributed by atoms with Gasteiger partial charge in [-0.15, -0.1) is 0 Å². The number of carbonyl (C=O) groups excluding carboxylic acids is 2. The number of aromatic nitrogens is 1. The van der Waals surface area contributed by atoms with Gasteiger partial charge >= 0.3 is 0 Å². The van der Waals surface area contributed by atoms with Gasteiger partial charge in [0.25, 0.3) is 11.8 Å². The van der Waals surface area contributed by atoms with Crippen LogP contribution in [-0.4, -0.2) is 44.0 Å². The lowest BCUT2D eigenvalue weighted by molar-refractivity contribution is 0.0947. The summed E-state index contributed by atoms with van der Waals surface area (Å²) in [6.07, 6.45) is 3.57. The Morgan fingerprint density at radius 2 is 1.92 bits per heavy atom. The first-order valence-electron chi connectivity index (χ1n) is 7.80. The molecule has 1 aromatic carbocycles. The summed E-state index contributed by atoms with van der Waals surface area (Å²) < 4.78 is 5.29. The molecule has 0 spiro atoms. The third kappa shape index (κ3) is 2.84. The molecule has 7 nitrogen and oxygen atoms in total. The van der Waals surface area contributed by atoms with E-state index in [0.717, 1.165) is 12.8 Å². The first-order valence-corrected chi connectivity index (χ1v) is 7.80. The van der Waals surface area contributed by atoms with Gasteiger partial charge in [-0.05, 0) is 18.9 Å². The number of anilines is 1. The van der Waals surface area contributed by atoms with E-state index in [0.29, 0.717) is 33.5 Å². The van der Waals surface area contributed by atoms with Crippen LogP contribution >= 0.6 is 0 Å².